The Balaban J connectivity index is 1.97. The van der Waals surface area contributed by atoms with Crippen molar-refractivity contribution in [3.05, 3.63) is 50.7 Å². The average Bonchev–Trinajstić information content (AvgIpc) is 3.16. The Morgan fingerprint density at radius 2 is 1.93 bits per heavy atom. The molecule has 7 nitrogen and oxygen atoms in total. The summed E-state index contributed by atoms with van der Waals surface area (Å²) >= 11 is 1.53. The Labute approximate surface area is 180 Å². The number of nitrogens with one attached hydrogen (secondary N) is 1. The zero-order chi connectivity index (χ0) is 21.7. The molecule has 3 rings (SSSR count). The molecule has 1 aliphatic rings. The molecule has 1 aromatic carbocycles. The number of rotatable bonds is 9. The molecule has 1 amide bonds. The van der Waals surface area contributed by atoms with Crippen LogP contribution < -0.4 is 21.9 Å². The fourth-order valence-electron chi connectivity index (χ4n) is 3.72. The van der Waals surface area contributed by atoms with Gasteiger partial charge in [-0.05, 0) is 30.9 Å². The number of anilines is 2. The number of benzene rings is 1. The summed E-state index contributed by atoms with van der Waals surface area (Å²) in [6, 6.07) is 7.98. The molecule has 1 unspecified atom stereocenters. The number of carbonyl (C=O) groups is 1. The summed E-state index contributed by atoms with van der Waals surface area (Å²) in [5, 5.41) is -0.307. The van der Waals surface area contributed by atoms with Gasteiger partial charge in [0.15, 0.2) is 5.69 Å². The highest BCUT2D eigenvalue weighted by Gasteiger charge is 2.34. The molecule has 1 aromatic heterocycles. The molecule has 3 N–H and O–H groups in total. The number of nitrogens with two attached hydrogens (primary N) is 1. The van der Waals surface area contributed by atoms with E-state index in [4.69, 9.17) is 5.73 Å². The Morgan fingerprint density at radius 1 is 1.20 bits per heavy atom. The van der Waals surface area contributed by atoms with E-state index in [0.29, 0.717) is 19.5 Å². The minimum absolute atomic E-state index is 0.0718. The number of aromatic amines is 1. The van der Waals surface area contributed by atoms with Crippen molar-refractivity contribution < 1.29 is 4.79 Å². The van der Waals surface area contributed by atoms with Crippen LogP contribution in [0.5, 0.6) is 0 Å². The number of amides is 1. The maximum Gasteiger partial charge on any atom is 0.330 e. The van der Waals surface area contributed by atoms with Crippen LogP contribution in [0.15, 0.2) is 38.8 Å². The van der Waals surface area contributed by atoms with Crippen molar-refractivity contribution in [3.63, 3.8) is 0 Å². The molecule has 2 heterocycles. The highest BCUT2D eigenvalue weighted by Crippen LogP contribution is 2.38. The van der Waals surface area contributed by atoms with Gasteiger partial charge in [0, 0.05) is 18.0 Å². The van der Waals surface area contributed by atoms with E-state index in [1.165, 1.54) is 21.2 Å². The van der Waals surface area contributed by atoms with E-state index in [9.17, 15) is 14.4 Å². The number of carbonyl (C=O) groups excluding carboxylic acids is 1. The van der Waals surface area contributed by atoms with Crippen LogP contribution in [0.4, 0.5) is 11.5 Å². The van der Waals surface area contributed by atoms with Gasteiger partial charge in [0.25, 0.3) is 5.56 Å². The van der Waals surface area contributed by atoms with Gasteiger partial charge in [0.05, 0.1) is 5.25 Å². The van der Waals surface area contributed by atoms with E-state index in [-0.39, 0.29) is 22.7 Å². The van der Waals surface area contributed by atoms with Crippen molar-refractivity contribution in [3.8, 4) is 0 Å². The van der Waals surface area contributed by atoms with Gasteiger partial charge in [-0.15, -0.1) is 11.8 Å². The number of aromatic nitrogens is 2. The van der Waals surface area contributed by atoms with E-state index in [1.54, 1.807) is 0 Å². The average molecular weight is 431 g/mol. The van der Waals surface area contributed by atoms with Crippen molar-refractivity contribution >= 4 is 29.2 Å². The van der Waals surface area contributed by atoms with Crippen LogP contribution >= 0.6 is 11.8 Å². The maximum atomic E-state index is 13.5. The van der Waals surface area contributed by atoms with Crippen molar-refractivity contribution in [1.29, 1.82) is 0 Å². The zero-order valence-corrected chi connectivity index (χ0v) is 18.5. The van der Waals surface area contributed by atoms with Gasteiger partial charge < -0.3 is 10.6 Å². The van der Waals surface area contributed by atoms with E-state index in [2.05, 4.69) is 11.9 Å². The van der Waals surface area contributed by atoms with Crippen LogP contribution in [-0.2, 0) is 17.8 Å². The zero-order valence-electron chi connectivity index (χ0n) is 17.6. The largest absolute Gasteiger partial charge is 0.383 e. The number of H-pyrrole nitrogens is 1. The lowest BCUT2D eigenvalue weighted by molar-refractivity contribution is -0.118. The van der Waals surface area contributed by atoms with Crippen LogP contribution in [0.1, 0.15) is 51.5 Å². The molecular formula is C22H30N4O3S. The fraction of sp³-hybridized carbons (Fsp3) is 0.500. The van der Waals surface area contributed by atoms with E-state index >= 15 is 0 Å². The number of hydrogen-bond donors (Lipinski definition) is 2. The van der Waals surface area contributed by atoms with Crippen LogP contribution in [0.2, 0.25) is 0 Å². The first-order chi connectivity index (χ1) is 14.5. The lowest BCUT2D eigenvalue weighted by atomic mass is 10.1. The molecule has 0 spiro atoms. The third kappa shape index (κ3) is 4.64. The van der Waals surface area contributed by atoms with Gasteiger partial charge in [-0.25, -0.2) is 4.79 Å². The SMILES string of the molecule is CCCCCN(C(=O)C1Cc2ccccc2S1)c1c(N)n(CCCC)c(=O)[nH]c1=O. The maximum absolute atomic E-state index is 13.5. The molecule has 2 aromatic rings. The summed E-state index contributed by atoms with van der Waals surface area (Å²) in [6.45, 7) is 4.91. The molecular weight excluding hydrogens is 400 g/mol. The Hall–Kier alpha value is -2.48. The molecule has 0 aliphatic carbocycles. The van der Waals surface area contributed by atoms with E-state index < -0.39 is 11.2 Å². The third-order valence-corrected chi connectivity index (χ3v) is 6.70. The van der Waals surface area contributed by atoms with E-state index in [1.807, 2.05) is 31.2 Å². The summed E-state index contributed by atoms with van der Waals surface area (Å²) in [6.07, 6.45) is 4.96. The molecule has 1 atom stereocenters. The summed E-state index contributed by atoms with van der Waals surface area (Å²) in [5.41, 5.74) is 6.41. The van der Waals surface area contributed by atoms with Crippen LogP contribution in [0.25, 0.3) is 0 Å². The standard InChI is InChI=1S/C22H30N4O3S/c1-3-5-9-13-25(21(28)17-14-15-10-7-8-11-16(15)30-17)18-19(23)26(12-6-4-2)22(29)24-20(18)27/h7-8,10-11,17H,3-6,9,12-14,23H2,1-2H3,(H,24,27,29). The lowest BCUT2D eigenvalue weighted by Gasteiger charge is -2.26. The van der Waals surface area contributed by atoms with Gasteiger partial charge in [-0.3, -0.25) is 19.1 Å². The van der Waals surface area contributed by atoms with Gasteiger partial charge in [-0.2, -0.15) is 0 Å². The van der Waals surface area contributed by atoms with Crippen molar-refractivity contribution in [1.82, 2.24) is 9.55 Å². The first-order valence-electron chi connectivity index (χ1n) is 10.7. The monoisotopic (exact) mass is 430 g/mol. The van der Waals surface area contributed by atoms with Crippen LogP contribution in [0, 0.1) is 0 Å². The van der Waals surface area contributed by atoms with Gasteiger partial charge >= 0.3 is 5.69 Å². The molecule has 0 saturated carbocycles. The third-order valence-electron chi connectivity index (χ3n) is 5.39. The second-order valence-electron chi connectivity index (χ2n) is 7.61. The second kappa shape index (κ2) is 10.0. The number of nitrogens with zero attached hydrogens (tertiary/aromatic N) is 2. The molecule has 0 bridgehead atoms. The number of unbranched alkanes of at least 4 members (excludes halogenated alkanes) is 3. The van der Waals surface area contributed by atoms with Gasteiger partial charge in [0.1, 0.15) is 5.82 Å². The summed E-state index contributed by atoms with van der Waals surface area (Å²) in [7, 11) is 0. The Bertz CT molecular complexity index is 989. The summed E-state index contributed by atoms with van der Waals surface area (Å²) in [5.74, 6) is -0.0623. The molecule has 30 heavy (non-hydrogen) atoms. The van der Waals surface area contributed by atoms with E-state index in [0.717, 1.165) is 42.6 Å². The molecule has 1 aliphatic heterocycles. The second-order valence-corrected chi connectivity index (χ2v) is 8.86. The predicted molar refractivity (Wildman–Crippen MR) is 122 cm³/mol. The van der Waals surface area contributed by atoms with Gasteiger partial charge in [0.2, 0.25) is 5.91 Å². The van der Waals surface area contributed by atoms with Crippen LogP contribution in [0.3, 0.4) is 0 Å². The highest BCUT2D eigenvalue weighted by molar-refractivity contribution is 8.01. The first kappa shape index (κ1) is 22.2. The Kier molecular flexibility index (Phi) is 7.42. The van der Waals surface area contributed by atoms with Crippen molar-refractivity contribution in [2.75, 3.05) is 17.2 Å². The molecule has 162 valence electrons. The van der Waals surface area contributed by atoms with Crippen molar-refractivity contribution in [2.45, 2.75) is 69.1 Å². The first-order valence-corrected chi connectivity index (χ1v) is 11.5. The molecule has 8 heteroatoms. The lowest BCUT2D eigenvalue weighted by Crippen LogP contribution is -2.44. The van der Waals surface area contributed by atoms with Crippen LogP contribution in [-0.4, -0.2) is 27.3 Å². The number of thioether (sulfide) groups is 1. The molecule has 0 radical (unpaired) electrons. The quantitative estimate of drug-likeness (QED) is 0.595. The Morgan fingerprint density at radius 3 is 2.63 bits per heavy atom. The normalized spacial score (nSPS) is 15.2. The molecule has 0 saturated heterocycles. The minimum Gasteiger partial charge on any atom is -0.383 e. The number of hydrogen-bond acceptors (Lipinski definition) is 5. The predicted octanol–water partition coefficient (Wildman–Crippen LogP) is 3.16. The fourth-order valence-corrected chi connectivity index (χ4v) is 4.98. The van der Waals surface area contributed by atoms with Crippen molar-refractivity contribution in [2.24, 2.45) is 0 Å². The smallest absolute Gasteiger partial charge is 0.330 e. The summed E-state index contributed by atoms with van der Waals surface area (Å²) < 4.78 is 1.37. The van der Waals surface area contributed by atoms with Gasteiger partial charge in [-0.1, -0.05) is 51.3 Å². The topological polar surface area (TPSA) is 101 Å². The minimum atomic E-state index is -0.601. The summed E-state index contributed by atoms with van der Waals surface area (Å²) in [4.78, 5) is 43.5. The number of fused-ring (bicyclic) bond motifs is 1. The highest BCUT2D eigenvalue weighted by atomic mass is 32.2. The molecule has 0 fully saturated rings. The number of nitrogen functional groups attached to an aromatic ring is 1.